The Morgan fingerprint density at radius 1 is 1.54 bits per heavy atom. The van der Waals surface area contributed by atoms with E-state index in [9.17, 15) is 5.11 Å². The average Bonchev–Trinajstić information content (AvgIpc) is 2.17. The summed E-state index contributed by atoms with van der Waals surface area (Å²) in [6.45, 7) is 3.88. The number of halogens is 1. The van der Waals surface area contributed by atoms with Gasteiger partial charge in [-0.1, -0.05) is 6.08 Å². The van der Waals surface area contributed by atoms with Crippen molar-refractivity contribution in [2.75, 3.05) is 13.2 Å². The first-order valence-electron chi connectivity index (χ1n) is 4.05. The summed E-state index contributed by atoms with van der Waals surface area (Å²) in [5.41, 5.74) is -1.11. The van der Waals surface area contributed by atoms with Crippen LogP contribution in [0.3, 0.4) is 0 Å². The zero-order chi connectivity index (χ0) is 10.2. The first kappa shape index (κ1) is 13.7. The molecule has 3 nitrogen and oxygen atoms in total. The molecular weight excluding hydrogens is 303 g/mol. The van der Waals surface area contributed by atoms with E-state index in [1.54, 1.807) is 0 Å². The van der Waals surface area contributed by atoms with Gasteiger partial charge < -0.3 is 14.4 Å². The molecule has 0 bridgehead atoms. The second-order valence-corrected chi connectivity index (χ2v) is 4.25. The van der Waals surface area contributed by atoms with E-state index in [1.165, 1.54) is 15.3 Å². The van der Waals surface area contributed by atoms with Crippen LogP contribution in [0.5, 0.6) is 0 Å². The second-order valence-electron chi connectivity index (χ2n) is 2.81. The number of rotatable bonds is 8. The minimum atomic E-state index is -1.11. The predicted molar refractivity (Wildman–Crippen MR) is 63.6 cm³/mol. The van der Waals surface area contributed by atoms with Crippen molar-refractivity contribution in [3.8, 4) is 0 Å². The first-order chi connectivity index (χ1) is 6.18. The fourth-order valence-electron chi connectivity index (χ4n) is 0.869. The summed E-state index contributed by atoms with van der Waals surface area (Å²) >= 11 is 2.06. The van der Waals surface area contributed by atoms with Gasteiger partial charge in [-0.2, -0.15) is 0 Å². The molecule has 13 heavy (non-hydrogen) atoms. The summed E-state index contributed by atoms with van der Waals surface area (Å²) in [4.78, 5) is 0. The van der Waals surface area contributed by atoms with Crippen LogP contribution in [-0.2, 0) is 4.18 Å². The third kappa shape index (κ3) is 6.73. The lowest BCUT2D eigenvalue weighted by Gasteiger charge is -2.20. The molecule has 0 aromatic heterocycles. The van der Waals surface area contributed by atoms with E-state index in [0.29, 0.717) is 13.0 Å². The van der Waals surface area contributed by atoms with E-state index in [1.807, 2.05) is 0 Å². The van der Waals surface area contributed by atoms with Crippen LogP contribution in [0.4, 0.5) is 0 Å². The van der Waals surface area contributed by atoms with Crippen molar-refractivity contribution in [3.63, 3.8) is 0 Å². The second kappa shape index (κ2) is 8.05. The average molecular weight is 318 g/mol. The molecule has 5 heteroatoms. The smallest absolute Gasteiger partial charge is 0.105 e. The molecule has 0 fully saturated rings. The van der Waals surface area contributed by atoms with Gasteiger partial charge in [-0.3, -0.25) is 0 Å². The fourth-order valence-corrected chi connectivity index (χ4v) is 1.59. The molecular formula is C8H15IO3S. The maximum atomic E-state index is 9.57. The van der Waals surface area contributed by atoms with Crippen molar-refractivity contribution in [2.45, 2.75) is 24.9 Å². The van der Waals surface area contributed by atoms with Crippen LogP contribution in [0.2, 0.25) is 0 Å². The van der Waals surface area contributed by atoms with Crippen molar-refractivity contribution >= 4 is 30.4 Å². The highest BCUT2D eigenvalue weighted by Crippen LogP contribution is 2.17. The third-order valence-electron chi connectivity index (χ3n) is 1.79. The fraction of sp³-hybridized carbons (Fsp3) is 0.750. The number of unbranched alkanes of at least 4 members (excludes halogenated alkanes) is 1. The Balaban J connectivity index is 3.44. The minimum absolute atomic E-state index is 0.265. The Morgan fingerprint density at radius 3 is 2.69 bits per heavy atom. The molecule has 0 radical (unpaired) electrons. The maximum Gasteiger partial charge on any atom is 0.105 e. The third-order valence-corrected chi connectivity index (χ3v) is 2.80. The van der Waals surface area contributed by atoms with Gasteiger partial charge in [0.2, 0.25) is 0 Å². The predicted octanol–water partition coefficient (Wildman–Crippen LogP) is 2.08. The lowest BCUT2D eigenvalue weighted by molar-refractivity contribution is 0.0182. The molecule has 0 aliphatic carbocycles. The molecule has 1 unspecified atom stereocenters. The summed E-state index contributed by atoms with van der Waals surface area (Å²) in [7, 11) is 1.31. The van der Waals surface area contributed by atoms with E-state index in [4.69, 9.17) is 9.29 Å². The van der Waals surface area contributed by atoms with Crippen molar-refractivity contribution in [1.29, 1.82) is 0 Å². The van der Waals surface area contributed by atoms with Gasteiger partial charge in [0.15, 0.2) is 0 Å². The van der Waals surface area contributed by atoms with Gasteiger partial charge >= 0.3 is 0 Å². The summed E-state index contributed by atoms with van der Waals surface area (Å²) in [5, 5.41) is 18.4. The van der Waals surface area contributed by atoms with Crippen LogP contribution in [0, 0.1) is 0 Å². The number of hydrogen-bond acceptors (Lipinski definition) is 4. The minimum Gasteiger partial charge on any atom is -0.393 e. The highest BCUT2D eigenvalue weighted by molar-refractivity contribution is 14.2. The van der Waals surface area contributed by atoms with Crippen molar-refractivity contribution in [2.24, 2.45) is 0 Å². The van der Waals surface area contributed by atoms with Gasteiger partial charge in [-0.05, 0) is 19.3 Å². The summed E-state index contributed by atoms with van der Waals surface area (Å²) < 4.78 is 5.05. The highest BCUT2D eigenvalue weighted by Gasteiger charge is 2.20. The molecule has 0 rings (SSSR count). The molecule has 0 aromatic rings. The van der Waals surface area contributed by atoms with E-state index in [-0.39, 0.29) is 6.61 Å². The molecule has 0 aromatic carbocycles. The van der Waals surface area contributed by atoms with Crippen LogP contribution >= 0.6 is 30.4 Å². The SMILES string of the molecule is C=CC(O)(CO)CCCCOSI. The highest BCUT2D eigenvalue weighted by atomic mass is 127. The van der Waals surface area contributed by atoms with Crippen LogP contribution in [0.15, 0.2) is 12.7 Å². The van der Waals surface area contributed by atoms with Crippen LogP contribution in [0.1, 0.15) is 19.3 Å². The Hall–Kier alpha value is 0.700. The largest absolute Gasteiger partial charge is 0.393 e. The van der Waals surface area contributed by atoms with Gasteiger partial charge in [-0.25, -0.2) is 0 Å². The molecule has 2 N–H and O–H groups in total. The van der Waals surface area contributed by atoms with Gasteiger partial charge in [0.05, 0.1) is 22.4 Å². The first-order valence-corrected chi connectivity index (χ1v) is 7.34. The van der Waals surface area contributed by atoms with Gasteiger partial charge in [-0.15, -0.1) is 6.58 Å². The molecule has 0 saturated heterocycles. The Bertz CT molecular complexity index is 145. The maximum absolute atomic E-state index is 9.57. The van der Waals surface area contributed by atoms with Crippen LogP contribution < -0.4 is 0 Å². The quantitative estimate of drug-likeness (QED) is 0.311. The number of hydrogen-bond donors (Lipinski definition) is 2. The van der Waals surface area contributed by atoms with Crippen molar-refractivity contribution < 1.29 is 14.4 Å². The molecule has 0 aliphatic heterocycles. The zero-order valence-electron chi connectivity index (χ0n) is 7.41. The van der Waals surface area contributed by atoms with Gasteiger partial charge in [0.1, 0.15) is 5.60 Å². The monoisotopic (exact) mass is 318 g/mol. The van der Waals surface area contributed by atoms with Crippen molar-refractivity contribution in [1.82, 2.24) is 0 Å². The molecule has 0 saturated carbocycles. The Kier molecular flexibility index (Phi) is 8.48. The van der Waals surface area contributed by atoms with Gasteiger partial charge in [0.25, 0.3) is 0 Å². The Morgan fingerprint density at radius 2 is 2.23 bits per heavy atom. The van der Waals surface area contributed by atoms with E-state index in [2.05, 4.69) is 27.8 Å². The molecule has 1 atom stereocenters. The van der Waals surface area contributed by atoms with Gasteiger partial charge in [0, 0.05) is 21.2 Å². The van der Waals surface area contributed by atoms with Crippen LogP contribution in [0.25, 0.3) is 0 Å². The number of aliphatic hydroxyl groups excluding tert-OH is 1. The Labute approximate surface area is 95.3 Å². The van der Waals surface area contributed by atoms with E-state index >= 15 is 0 Å². The lowest BCUT2D eigenvalue weighted by Crippen LogP contribution is -2.30. The topological polar surface area (TPSA) is 49.7 Å². The standard InChI is InChI=1S/C8H15IO3S/c1-2-8(11,7-10)5-3-4-6-12-13-9/h2,10-11H,1,3-7H2. The molecule has 0 aliphatic rings. The molecule has 0 heterocycles. The normalized spacial score (nSPS) is 15.3. The molecule has 0 amide bonds. The van der Waals surface area contributed by atoms with E-state index < -0.39 is 5.60 Å². The van der Waals surface area contributed by atoms with E-state index in [0.717, 1.165) is 12.8 Å². The summed E-state index contributed by atoms with van der Waals surface area (Å²) in [6.07, 6.45) is 3.62. The van der Waals surface area contributed by atoms with Crippen molar-refractivity contribution in [3.05, 3.63) is 12.7 Å². The number of aliphatic hydroxyl groups is 2. The summed E-state index contributed by atoms with van der Waals surface area (Å²) in [5.74, 6) is 0. The molecule has 78 valence electrons. The lowest BCUT2D eigenvalue weighted by atomic mass is 9.98. The molecule has 0 spiro atoms. The summed E-state index contributed by atoms with van der Waals surface area (Å²) in [6, 6.07) is 0. The zero-order valence-corrected chi connectivity index (χ0v) is 10.4. The van der Waals surface area contributed by atoms with Crippen LogP contribution in [-0.4, -0.2) is 29.0 Å².